The first kappa shape index (κ1) is 12.2. The second-order valence-corrected chi connectivity index (χ2v) is 4.60. The quantitative estimate of drug-likeness (QED) is 0.768. The molecule has 3 nitrogen and oxygen atoms in total. The third-order valence-corrected chi connectivity index (χ3v) is 3.22. The standard InChI is InChI=1S/C13H16N2OS/c16-8-12-3-1-11(2-4-12)5-6-14-7-13-9-17-10-15-13/h1-4,9-10,14,16H,5-8H2. The van der Waals surface area contributed by atoms with Crippen LogP contribution < -0.4 is 5.32 Å². The molecule has 0 unspecified atom stereocenters. The van der Waals surface area contributed by atoms with Crippen molar-refractivity contribution in [1.82, 2.24) is 10.3 Å². The van der Waals surface area contributed by atoms with Crippen LogP contribution in [0.5, 0.6) is 0 Å². The van der Waals surface area contributed by atoms with Crippen LogP contribution >= 0.6 is 11.3 Å². The summed E-state index contributed by atoms with van der Waals surface area (Å²) < 4.78 is 0. The Morgan fingerprint density at radius 3 is 2.59 bits per heavy atom. The Morgan fingerprint density at radius 1 is 1.18 bits per heavy atom. The van der Waals surface area contributed by atoms with E-state index in [0.717, 1.165) is 30.8 Å². The Labute approximate surface area is 105 Å². The lowest BCUT2D eigenvalue weighted by molar-refractivity contribution is 0.282. The van der Waals surface area contributed by atoms with Gasteiger partial charge in [-0.25, -0.2) is 4.98 Å². The summed E-state index contributed by atoms with van der Waals surface area (Å²) in [5, 5.41) is 14.3. The number of nitrogens with one attached hydrogen (secondary N) is 1. The molecule has 0 spiro atoms. The van der Waals surface area contributed by atoms with Crippen LogP contribution in [-0.4, -0.2) is 16.6 Å². The van der Waals surface area contributed by atoms with Crippen molar-refractivity contribution in [2.75, 3.05) is 6.54 Å². The predicted molar refractivity (Wildman–Crippen MR) is 69.9 cm³/mol. The van der Waals surface area contributed by atoms with Gasteiger partial charge in [-0.15, -0.1) is 11.3 Å². The third kappa shape index (κ3) is 3.93. The van der Waals surface area contributed by atoms with E-state index in [2.05, 4.69) is 27.8 Å². The maximum atomic E-state index is 8.93. The molecule has 2 aromatic rings. The largest absolute Gasteiger partial charge is 0.392 e. The van der Waals surface area contributed by atoms with E-state index in [1.807, 2.05) is 17.6 Å². The van der Waals surface area contributed by atoms with E-state index in [9.17, 15) is 0 Å². The monoisotopic (exact) mass is 248 g/mol. The minimum Gasteiger partial charge on any atom is -0.392 e. The fraction of sp³-hybridized carbons (Fsp3) is 0.308. The molecule has 2 N–H and O–H groups in total. The predicted octanol–water partition coefficient (Wildman–Crippen LogP) is 1.97. The van der Waals surface area contributed by atoms with Crippen LogP contribution in [0.15, 0.2) is 35.2 Å². The van der Waals surface area contributed by atoms with Gasteiger partial charge >= 0.3 is 0 Å². The summed E-state index contributed by atoms with van der Waals surface area (Å²) in [5.41, 5.74) is 5.20. The van der Waals surface area contributed by atoms with Crippen molar-refractivity contribution in [3.05, 3.63) is 52.0 Å². The fourth-order valence-corrected chi connectivity index (χ4v) is 2.14. The van der Waals surface area contributed by atoms with Gasteiger partial charge in [0.1, 0.15) is 0 Å². The highest BCUT2D eigenvalue weighted by Gasteiger charge is 1.96. The second-order valence-electron chi connectivity index (χ2n) is 3.88. The second kappa shape index (κ2) is 6.49. The maximum absolute atomic E-state index is 8.93. The molecule has 0 fully saturated rings. The van der Waals surface area contributed by atoms with Crippen LogP contribution in [0.2, 0.25) is 0 Å². The van der Waals surface area contributed by atoms with Crippen LogP contribution in [0, 0.1) is 0 Å². The van der Waals surface area contributed by atoms with E-state index in [1.165, 1.54) is 5.56 Å². The lowest BCUT2D eigenvalue weighted by atomic mass is 10.1. The fourth-order valence-electron chi connectivity index (χ4n) is 1.59. The van der Waals surface area contributed by atoms with Gasteiger partial charge in [0.2, 0.25) is 0 Å². The van der Waals surface area contributed by atoms with Crippen molar-refractivity contribution < 1.29 is 5.11 Å². The molecular weight excluding hydrogens is 232 g/mol. The van der Waals surface area contributed by atoms with Crippen LogP contribution in [0.25, 0.3) is 0 Å². The minimum absolute atomic E-state index is 0.113. The summed E-state index contributed by atoms with van der Waals surface area (Å²) in [6, 6.07) is 8.07. The van der Waals surface area contributed by atoms with Gasteiger partial charge in [-0.3, -0.25) is 0 Å². The Morgan fingerprint density at radius 2 is 1.94 bits per heavy atom. The first-order chi connectivity index (χ1) is 8.38. The molecule has 0 saturated heterocycles. The van der Waals surface area contributed by atoms with E-state index in [0.29, 0.717) is 0 Å². The third-order valence-electron chi connectivity index (χ3n) is 2.59. The summed E-state index contributed by atoms with van der Waals surface area (Å²) >= 11 is 1.62. The van der Waals surface area contributed by atoms with Crippen molar-refractivity contribution in [1.29, 1.82) is 0 Å². The van der Waals surface area contributed by atoms with Gasteiger partial charge in [0.15, 0.2) is 0 Å². The molecular formula is C13H16N2OS. The number of aromatic nitrogens is 1. The van der Waals surface area contributed by atoms with Crippen LogP contribution in [0.1, 0.15) is 16.8 Å². The van der Waals surface area contributed by atoms with Gasteiger partial charge < -0.3 is 10.4 Å². The molecule has 1 aromatic carbocycles. The number of hydrogen-bond acceptors (Lipinski definition) is 4. The molecule has 0 atom stereocenters. The highest BCUT2D eigenvalue weighted by molar-refractivity contribution is 7.07. The zero-order chi connectivity index (χ0) is 11.9. The van der Waals surface area contributed by atoms with Crippen LogP contribution in [-0.2, 0) is 19.6 Å². The van der Waals surface area contributed by atoms with E-state index < -0.39 is 0 Å². The van der Waals surface area contributed by atoms with Crippen molar-refractivity contribution in [2.45, 2.75) is 19.6 Å². The molecule has 0 aliphatic heterocycles. The smallest absolute Gasteiger partial charge is 0.0795 e. The van der Waals surface area contributed by atoms with E-state index in [-0.39, 0.29) is 6.61 Å². The molecule has 1 aromatic heterocycles. The SMILES string of the molecule is OCc1ccc(CCNCc2cscn2)cc1. The summed E-state index contributed by atoms with van der Waals surface area (Å²) in [7, 11) is 0. The maximum Gasteiger partial charge on any atom is 0.0795 e. The Bertz CT molecular complexity index is 425. The molecule has 1 heterocycles. The average molecular weight is 248 g/mol. The van der Waals surface area contributed by atoms with Gasteiger partial charge in [0.05, 0.1) is 17.8 Å². The highest BCUT2D eigenvalue weighted by Crippen LogP contribution is 2.05. The summed E-state index contributed by atoms with van der Waals surface area (Å²) in [4.78, 5) is 4.21. The van der Waals surface area contributed by atoms with Crippen molar-refractivity contribution in [3.8, 4) is 0 Å². The summed E-state index contributed by atoms with van der Waals surface area (Å²) in [6.45, 7) is 1.89. The number of benzene rings is 1. The Balaban J connectivity index is 1.70. The normalized spacial score (nSPS) is 10.6. The molecule has 0 radical (unpaired) electrons. The van der Waals surface area contributed by atoms with Crippen molar-refractivity contribution in [2.24, 2.45) is 0 Å². The van der Waals surface area contributed by atoms with Crippen LogP contribution in [0.3, 0.4) is 0 Å². The van der Waals surface area contributed by atoms with Gasteiger partial charge in [0, 0.05) is 11.9 Å². The molecule has 4 heteroatoms. The van der Waals surface area contributed by atoms with Gasteiger partial charge in [-0.2, -0.15) is 0 Å². The molecule has 17 heavy (non-hydrogen) atoms. The Kier molecular flexibility index (Phi) is 4.67. The molecule has 90 valence electrons. The zero-order valence-electron chi connectivity index (χ0n) is 9.60. The highest BCUT2D eigenvalue weighted by atomic mass is 32.1. The van der Waals surface area contributed by atoms with E-state index in [1.54, 1.807) is 11.3 Å². The number of nitrogens with zero attached hydrogens (tertiary/aromatic N) is 1. The molecule has 0 amide bonds. The number of aliphatic hydroxyl groups excluding tert-OH is 1. The first-order valence-electron chi connectivity index (χ1n) is 5.65. The molecule has 0 saturated carbocycles. The van der Waals surface area contributed by atoms with E-state index >= 15 is 0 Å². The van der Waals surface area contributed by atoms with Gasteiger partial charge in [-0.1, -0.05) is 24.3 Å². The van der Waals surface area contributed by atoms with Crippen LogP contribution in [0.4, 0.5) is 0 Å². The summed E-state index contributed by atoms with van der Waals surface area (Å²) in [6.07, 6.45) is 0.996. The van der Waals surface area contributed by atoms with Crippen molar-refractivity contribution in [3.63, 3.8) is 0 Å². The number of rotatable bonds is 6. The van der Waals surface area contributed by atoms with Gasteiger partial charge in [0.25, 0.3) is 0 Å². The van der Waals surface area contributed by atoms with Crippen molar-refractivity contribution >= 4 is 11.3 Å². The average Bonchev–Trinajstić information content (AvgIpc) is 2.88. The zero-order valence-corrected chi connectivity index (χ0v) is 10.4. The lowest BCUT2D eigenvalue weighted by Gasteiger charge is -2.04. The number of aliphatic hydroxyl groups is 1. The molecule has 2 rings (SSSR count). The lowest BCUT2D eigenvalue weighted by Crippen LogP contribution is -2.16. The first-order valence-corrected chi connectivity index (χ1v) is 6.59. The Hall–Kier alpha value is -1.23. The molecule has 0 aliphatic carbocycles. The number of hydrogen-bond donors (Lipinski definition) is 2. The summed E-state index contributed by atoms with van der Waals surface area (Å²) in [5.74, 6) is 0. The minimum atomic E-state index is 0.113. The topological polar surface area (TPSA) is 45.1 Å². The van der Waals surface area contributed by atoms with Gasteiger partial charge in [-0.05, 0) is 24.1 Å². The number of thiazole rings is 1. The molecule has 0 aliphatic rings. The molecule has 0 bridgehead atoms. The van der Waals surface area contributed by atoms with E-state index in [4.69, 9.17) is 5.11 Å².